The van der Waals surface area contributed by atoms with Crippen LogP contribution in [0.25, 0.3) is 0 Å². The summed E-state index contributed by atoms with van der Waals surface area (Å²) >= 11 is 0. The largest absolute Gasteiger partial charge is 0.351 e. The Hall–Kier alpha value is -2.37. The summed E-state index contributed by atoms with van der Waals surface area (Å²) in [7, 11) is 0. The number of nitrogens with zero attached hydrogens (tertiary/aromatic N) is 1. The maximum absolute atomic E-state index is 12.9. The highest BCUT2D eigenvalue weighted by molar-refractivity contribution is 5.98. The highest BCUT2D eigenvalue weighted by Gasteiger charge is 2.39. The molecule has 146 valence electrons. The number of benzene rings is 1. The molecule has 3 amide bonds. The van der Waals surface area contributed by atoms with E-state index >= 15 is 0 Å². The van der Waals surface area contributed by atoms with Gasteiger partial charge in [-0.3, -0.25) is 14.4 Å². The molecule has 0 spiro atoms. The van der Waals surface area contributed by atoms with E-state index in [-0.39, 0.29) is 35.6 Å². The van der Waals surface area contributed by atoms with Crippen molar-refractivity contribution in [2.45, 2.75) is 46.1 Å². The Morgan fingerprint density at radius 3 is 2.63 bits per heavy atom. The number of anilines is 1. The van der Waals surface area contributed by atoms with Gasteiger partial charge in [0.25, 0.3) is 5.91 Å². The van der Waals surface area contributed by atoms with Crippen LogP contribution in [0.1, 0.15) is 50.4 Å². The fourth-order valence-electron chi connectivity index (χ4n) is 3.48. The third kappa shape index (κ3) is 4.87. The van der Waals surface area contributed by atoms with E-state index in [4.69, 9.17) is 0 Å². The van der Waals surface area contributed by atoms with Gasteiger partial charge in [0.1, 0.15) is 0 Å². The molecule has 2 fully saturated rings. The Labute approximate surface area is 160 Å². The lowest BCUT2D eigenvalue weighted by Crippen LogP contribution is -2.50. The third-order valence-electron chi connectivity index (χ3n) is 5.40. The van der Waals surface area contributed by atoms with E-state index in [0.717, 1.165) is 19.3 Å². The average Bonchev–Trinajstić information content (AvgIpc) is 3.38. The number of hydrogen-bond donors (Lipinski definition) is 2. The lowest BCUT2D eigenvalue weighted by Gasteiger charge is -2.33. The van der Waals surface area contributed by atoms with Crippen LogP contribution in [0.3, 0.4) is 0 Å². The van der Waals surface area contributed by atoms with Crippen LogP contribution in [0.4, 0.5) is 5.69 Å². The number of carbonyl (C=O) groups excluding carboxylic acids is 3. The normalized spacial score (nSPS) is 24.4. The van der Waals surface area contributed by atoms with Crippen molar-refractivity contribution < 1.29 is 14.4 Å². The molecule has 3 atom stereocenters. The zero-order valence-electron chi connectivity index (χ0n) is 16.3. The van der Waals surface area contributed by atoms with E-state index in [9.17, 15) is 14.4 Å². The summed E-state index contributed by atoms with van der Waals surface area (Å²) in [5, 5.41) is 5.94. The van der Waals surface area contributed by atoms with Crippen molar-refractivity contribution in [2.75, 3.05) is 18.4 Å². The van der Waals surface area contributed by atoms with Gasteiger partial charge in [-0.15, -0.1) is 0 Å². The van der Waals surface area contributed by atoms with E-state index in [1.54, 1.807) is 23.1 Å². The zero-order valence-corrected chi connectivity index (χ0v) is 16.3. The van der Waals surface area contributed by atoms with Gasteiger partial charge in [0, 0.05) is 42.2 Å². The van der Waals surface area contributed by atoms with Crippen molar-refractivity contribution in [1.82, 2.24) is 10.2 Å². The first-order chi connectivity index (χ1) is 12.8. The first-order valence-corrected chi connectivity index (χ1v) is 9.85. The van der Waals surface area contributed by atoms with Crippen molar-refractivity contribution in [3.63, 3.8) is 0 Å². The third-order valence-corrected chi connectivity index (χ3v) is 5.40. The van der Waals surface area contributed by atoms with Gasteiger partial charge >= 0.3 is 0 Å². The fourth-order valence-corrected chi connectivity index (χ4v) is 3.48. The van der Waals surface area contributed by atoms with E-state index in [0.29, 0.717) is 30.3 Å². The van der Waals surface area contributed by atoms with Crippen molar-refractivity contribution in [3.8, 4) is 0 Å². The van der Waals surface area contributed by atoms with Gasteiger partial charge in [0.05, 0.1) is 0 Å². The molecule has 2 aliphatic rings. The molecule has 1 saturated heterocycles. The molecule has 2 N–H and O–H groups in total. The average molecular weight is 371 g/mol. The summed E-state index contributed by atoms with van der Waals surface area (Å²) in [4.78, 5) is 38.7. The van der Waals surface area contributed by atoms with Crippen LogP contribution in [0.5, 0.6) is 0 Å². The molecule has 0 aromatic heterocycles. The second-order valence-corrected chi connectivity index (χ2v) is 8.14. The number of piperidine rings is 1. The predicted molar refractivity (Wildman–Crippen MR) is 104 cm³/mol. The maximum Gasteiger partial charge on any atom is 0.253 e. The molecular weight excluding hydrogens is 342 g/mol. The quantitative estimate of drug-likeness (QED) is 0.835. The minimum atomic E-state index is -0.0643. The Bertz CT molecular complexity index is 731. The molecule has 1 aliphatic carbocycles. The maximum atomic E-state index is 12.9. The number of likely N-dealkylation sites (tertiary alicyclic amines) is 1. The predicted octanol–water partition coefficient (Wildman–Crippen LogP) is 2.66. The van der Waals surface area contributed by atoms with Crippen LogP contribution in [-0.2, 0) is 9.59 Å². The number of rotatable bonds is 5. The van der Waals surface area contributed by atoms with Crippen molar-refractivity contribution in [3.05, 3.63) is 29.8 Å². The molecule has 1 heterocycles. The molecule has 1 aliphatic heterocycles. The number of amides is 3. The summed E-state index contributed by atoms with van der Waals surface area (Å²) in [5.74, 6) is 0.465. The van der Waals surface area contributed by atoms with Crippen LogP contribution in [0.15, 0.2) is 24.3 Å². The minimum absolute atomic E-state index is 0.00293. The summed E-state index contributed by atoms with van der Waals surface area (Å²) < 4.78 is 0. The minimum Gasteiger partial charge on any atom is -0.351 e. The summed E-state index contributed by atoms with van der Waals surface area (Å²) in [6.07, 6.45) is 2.68. The lowest BCUT2D eigenvalue weighted by atomic mass is 10.0. The van der Waals surface area contributed by atoms with E-state index in [2.05, 4.69) is 17.6 Å². The SMILES string of the molecule is CC(C)C(=O)N[C@@H]1CCCN(C(=O)c2cccc(NC(=O)[C@@H]3C[C@@H]3C)c2)C1. The van der Waals surface area contributed by atoms with Crippen molar-refractivity contribution in [2.24, 2.45) is 17.8 Å². The standard InChI is InChI=1S/C21H29N3O3/c1-13(2)19(25)23-17-8-5-9-24(12-17)21(27)15-6-4-7-16(11-15)22-20(26)18-10-14(18)3/h4,6-7,11,13-14,17-18H,5,8-10,12H2,1-3H3,(H,22,26)(H,23,25)/t14-,17+,18+/m0/s1. The van der Waals surface area contributed by atoms with Gasteiger partial charge in [-0.1, -0.05) is 26.8 Å². The van der Waals surface area contributed by atoms with Gasteiger partial charge < -0.3 is 15.5 Å². The van der Waals surface area contributed by atoms with Crippen LogP contribution in [0.2, 0.25) is 0 Å². The molecular formula is C21H29N3O3. The molecule has 1 aromatic carbocycles. The Morgan fingerprint density at radius 1 is 1.22 bits per heavy atom. The lowest BCUT2D eigenvalue weighted by molar-refractivity contribution is -0.125. The Morgan fingerprint density at radius 2 is 1.96 bits per heavy atom. The molecule has 27 heavy (non-hydrogen) atoms. The fraction of sp³-hybridized carbons (Fsp3) is 0.571. The molecule has 0 bridgehead atoms. The number of carbonyl (C=O) groups is 3. The second kappa shape index (κ2) is 8.11. The van der Waals surface area contributed by atoms with Crippen molar-refractivity contribution in [1.29, 1.82) is 0 Å². The molecule has 1 aromatic rings. The zero-order chi connectivity index (χ0) is 19.6. The van der Waals surface area contributed by atoms with Crippen LogP contribution in [0, 0.1) is 17.8 Å². The number of nitrogens with one attached hydrogen (secondary N) is 2. The first-order valence-electron chi connectivity index (χ1n) is 9.85. The summed E-state index contributed by atoms with van der Waals surface area (Å²) in [6, 6.07) is 7.11. The molecule has 6 heteroatoms. The smallest absolute Gasteiger partial charge is 0.253 e. The number of hydrogen-bond acceptors (Lipinski definition) is 3. The second-order valence-electron chi connectivity index (χ2n) is 8.14. The van der Waals surface area contributed by atoms with Crippen LogP contribution >= 0.6 is 0 Å². The van der Waals surface area contributed by atoms with Gasteiger partial charge in [-0.25, -0.2) is 0 Å². The summed E-state index contributed by atoms with van der Waals surface area (Å²) in [6.45, 7) is 7.00. The topological polar surface area (TPSA) is 78.5 Å². The van der Waals surface area contributed by atoms with E-state index in [1.165, 1.54) is 0 Å². The monoisotopic (exact) mass is 371 g/mol. The molecule has 1 saturated carbocycles. The molecule has 6 nitrogen and oxygen atoms in total. The van der Waals surface area contributed by atoms with E-state index < -0.39 is 0 Å². The molecule has 3 rings (SSSR count). The van der Waals surface area contributed by atoms with Crippen LogP contribution in [-0.4, -0.2) is 41.8 Å². The van der Waals surface area contributed by atoms with Gasteiger partial charge in [0.2, 0.25) is 11.8 Å². The van der Waals surface area contributed by atoms with Gasteiger partial charge in [-0.2, -0.15) is 0 Å². The Kier molecular flexibility index (Phi) is 5.82. The van der Waals surface area contributed by atoms with Gasteiger partial charge in [0.15, 0.2) is 0 Å². The van der Waals surface area contributed by atoms with Gasteiger partial charge in [-0.05, 0) is 43.4 Å². The van der Waals surface area contributed by atoms with Crippen LogP contribution < -0.4 is 10.6 Å². The first kappa shape index (κ1) is 19.4. The Balaban J connectivity index is 1.62. The molecule has 0 radical (unpaired) electrons. The van der Waals surface area contributed by atoms with Crippen molar-refractivity contribution >= 4 is 23.4 Å². The molecule has 0 unspecified atom stereocenters. The highest BCUT2D eigenvalue weighted by atomic mass is 16.2. The van der Waals surface area contributed by atoms with E-state index in [1.807, 2.05) is 19.9 Å². The highest BCUT2D eigenvalue weighted by Crippen LogP contribution is 2.38. The summed E-state index contributed by atoms with van der Waals surface area (Å²) in [5.41, 5.74) is 1.22.